The van der Waals surface area contributed by atoms with Crippen LogP contribution >= 0.6 is 11.8 Å². The first-order chi connectivity index (χ1) is 6.53. The lowest BCUT2D eigenvalue weighted by atomic mass is 10.3. The molecule has 0 bridgehead atoms. The molecule has 1 rings (SSSR count). The Hall–Kier alpha value is 0.107. The minimum absolute atomic E-state index is 1.13. The van der Waals surface area contributed by atoms with Gasteiger partial charge in [-0.25, -0.2) is 0 Å². The van der Waals surface area contributed by atoms with Crippen molar-refractivity contribution in [1.29, 1.82) is 0 Å². The van der Waals surface area contributed by atoms with Crippen LogP contribution in [0.3, 0.4) is 0 Å². The summed E-state index contributed by atoms with van der Waals surface area (Å²) in [5.41, 5.74) is 1.58. The number of allylic oxidation sites excluding steroid dienone is 1. The standard InChI is InChI=1S/C11H22OSSi/c1-5-13-11(12-14(2,3)4)10-8-6-7-9-10/h5-9H2,1-4H3. The van der Waals surface area contributed by atoms with Crippen molar-refractivity contribution in [3.63, 3.8) is 0 Å². The maximum absolute atomic E-state index is 6.14. The normalized spacial score (nSPS) is 17.3. The summed E-state index contributed by atoms with van der Waals surface area (Å²) in [5.74, 6) is 1.13. The number of hydrogen-bond donors (Lipinski definition) is 0. The minimum atomic E-state index is -1.40. The molecule has 0 heterocycles. The molecule has 3 heteroatoms. The molecule has 82 valence electrons. The summed E-state index contributed by atoms with van der Waals surface area (Å²) in [6, 6.07) is 0. The Morgan fingerprint density at radius 3 is 2.29 bits per heavy atom. The van der Waals surface area contributed by atoms with Crippen molar-refractivity contribution < 1.29 is 4.43 Å². The van der Waals surface area contributed by atoms with Gasteiger partial charge in [0.1, 0.15) is 5.09 Å². The van der Waals surface area contributed by atoms with Crippen LogP contribution in [-0.4, -0.2) is 14.1 Å². The lowest BCUT2D eigenvalue weighted by Gasteiger charge is -2.22. The van der Waals surface area contributed by atoms with Gasteiger partial charge >= 0.3 is 0 Å². The molecule has 0 radical (unpaired) electrons. The van der Waals surface area contributed by atoms with Gasteiger partial charge in [0.2, 0.25) is 8.32 Å². The average molecular weight is 230 g/mol. The molecular weight excluding hydrogens is 208 g/mol. The summed E-state index contributed by atoms with van der Waals surface area (Å²) >= 11 is 1.89. The van der Waals surface area contributed by atoms with Gasteiger partial charge in [0, 0.05) is 0 Å². The second-order valence-electron chi connectivity index (χ2n) is 4.75. The van der Waals surface area contributed by atoms with Gasteiger partial charge in [-0.05, 0) is 56.7 Å². The van der Waals surface area contributed by atoms with Crippen LogP contribution in [-0.2, 0) is 4.43 Å². The van der Waals surface area contributed by atoms with E-state index in [1.54, 1.807) is 5.57 Å². The third kappa shape index (κ3) is 4.09. The predicted octanol–water partition coefficient (Wildman–Crippen LogP) is 4.38. The number of rotatable bonds is 4. The lowest BCUT2D eigenvalue weighted by molar-refractivity contribution is 0.455. The van der Waals surface area contributed by atoms with Crippen LogP contribution in [0.15, 0.2) is 10.7 Å². The van der Waals surface area contributed by atoms with E-state index in [0.717, 1.165) is 5.75 Å². The molecule has 0 aromatic rings. The van der Waals surface area contributed by atoms with Gasteiger partial charge in [0.15, 0.2) is 0 Å². The van der Waals surface area contributed by atoms with Crippen molar-refractivity contribution >= 4 is 20.1 Å². The molecule has 0 unspecified atom stereocenters. The van der Waals surface area contributed by atoms with Crippen molar-refractivity contribution in [2.24, 2.45) is 0 Å². The fourth-order valence-electron chi connectivity index (χ4n) is 1.62. The summed E-state index contributed by atoms with van der Waals surface area (Å²) in [5, 5.41) is 1.27. The van der Waals surface area contributed by atoms with E-state index in [1.807, 2.05) is 11.8 Å². The van der Waals surface area contributed by atoms with E-state index in [2.05, 4.69) is 26.6 Å². The van der Waals surface area contributed by atoms with Crippen LogP contribution in [0.1, 0.15) is 32.6 Å². The molecule has 0 atom stereocenters. The maximum atomic E-state index is 6.14. The Kier molecular flexibility index (Phi) is 4.58. The average Bonchev–Trinajstić information content (AvgIpc) is 2.52. The molecular formula is C11H22OSSi. The molecule has 0 amide bonds. The van der Waals surface area contributed by atoms with E-state index in [9.17, 15) is 0 Å². The van der Waals surface area contributed by atoms with Crippen molar-refractivity contribution in [3.8, 4) is 0 Å². The van der Waals surface area contributed by atoms with Crippen molar-refractivity contribution in [2.45, 2.75) is 52.2 Å². The largest absolute Gasteiger partial charge is 0.540 e. The first-order valence-electron chi connectivity index (χ1n) is 5.57. The topological polar surface area (TPSA) is 9.23 Å². The SMILES string of the molecule is CCSC(O[Si](C)(C)C)=C1CCCC1. The van der Waals surface area contributed by atoms with Crippen LogP contribution < -0.4 is 0 Å². The fraction of sp³-hybridized carbons (Fsp3) is 0.818. The highest BCUT2D eigenvalue weighted by molar-refractivity contribution is 8.02. The summed E-state index contributed by atoms with van der Waals surface area (Å²) < 4.78 is 6.14. The van der Waals surface area contributed by atoms with Gasteiger partial charge < -0.3 is 4.43 Å². The minimum Gasteiger partial charge on any atom is -0.540 e. The van der Waals surface area contributed by atoms with Gasteiger partial charge in [0.05, 0.1) is 0 Å². The molecule has 1 fully saturated rings. The van der Waals surface area contributed by atoms with Gasteiger partial charge in [-0.1, -0.05) is 18.7 Å². The Labute approximate surface area is 93.4 Å². The molecule has 1 saturated carbocycles. The Morgan fingerprint density at radius 2 is 1.86 bits per heavy atom. The molecule has 0 aromatic carbocycles. The van der Waals surface area contributed by atoms with Crippen LogP contribution in [0.4, 0.5) is 0 Å². The molecule has 1 nitrogen and oxygen atoms in total. The monoisotopic (exact) mass is 230 g/mol. The Balaban J connectivity index is 2.67. The summed E-state index contributed by atoms with van der Waals surface area (Å²) in [7, 11) is -1.40. The van der Waals surface area contributed by atoms with Gasteiger partial charge in [-0.15, -0.1) is 0 Å². The van der Waals surface area contributed by atoms with E-state index in [1.165, 1.54) is 30.8 Å². The molecule has 0 saturated heterocycles. The second-order valence-corrected chi connectivity index (χ2v) is 10.4. The highest BCUT2D eigenvalue weighted by Crippen LogP contribution is 2.34. The Bertz CT molecular complexity index is 210. The highest BCUT2D eigenvalue weighted by Gasteiger charge is 2.21. The maximum Gasteiger partial charge on any atom is 0.242 e. The molecule has 0 aliphatic heterocycles. The summed E-state index contributed by atoms with van der Waals surface area (Å²) in [6.07, 6.45) is 5.26. The fourth-order valence-corrected chi connectivity index (χ4v) is 3.98. The quantitative estimate of drug-likeness (QED) is 0.524. The second kappa shape index (κ2) is 5.26. The molecule has 0 aromatic heterocycles. The van der Waals surface area contributed by atoms with Gasteiger partial charge in [-0.2, -0.15) is 0 Å². The molecule has 1 aliphatic rings. The van der Waals surface area contributed by atoms with Crippen LogP contribution in [0.2, 0.25) is 19.6 Å². The zero-order valence-electron chi connectivity index (χ0n) is 9.85. The summed E-state index contributed by atoms with van der Waals surface area (Å²) in [6.45, 7) is 8.99. The van der Waals surface area contributed by atoms with E-state index in [0.29, 0.717) is 0 Å². The zero-order chi connectivity index (χ0) is 10.6. The van der Waals surface area contributed by atoms with E-state index in [4.69, 9.17) is 4.43 Å². The van der Waals surface area contributed by atoms with Crippen LogP contribution in [0, 0.1) is 0 Å². The lowest BCUT2D eigenvalue weighted by Crippen LogP contribution is -2.24. The van der Waals surface area contributed by atoms with Crippen LogP contribution in [0.5, 0.6) is 0 Å². The number of hydrogen-bond acceptors (Lipinski definition) is 2. The van der Waals surface area contributed by atoms with E-state index in [-0.39, 0.29) is 0 Å². The van der Waals surface area contributed by atoms with Gasteiger partial charge in [0.25, 0.3) is 0 Å². The zero-order valence-corrected chi connectivity index (χ0v) is 11.7. The van der Waals surface area contributed by atoms with Crippen molar-refractivity contribution in [3.05, 3.63) is 10.7 Å². The van der Waals surface area contributed by atoms with Crippen LogP contribution in [0.25, 0.3) is 0 Å². The van der Waals surface area contributed by atoms with E-state index >= 15 is 0 Å². The third-order valence-electron chi connectivity index (χ3n) is 2.17. The predicted molar refractivity (Wildman–Crippen MR) is 68.1 cm³/mol. The molecule has 0 spiro atoms. The van der Waals surface area contributed by atoms with E-state index < -0.39 is 8.32 Å². The van der Waals surface area contributed by atoms with Crippen molar-refractivity contribution in [1.82, 2.24) is 0 Å². The van der Waals surface area contributed by atoms with Crippen molar-refractivity contribution in [2.75, 3.05) is 5.75 Å². The molecule has 14 heavy (non-hydrogen) atoms. The smallest absolute Gasteiger partial charge is 0.242 e. The molecule has 0 N–H and O–H groups in total. The molecule has 1 aliphatic carbocycles. The third-order valence-corrected chi connectivity index (χ3v) is 4.06. The first kappa shape index (κ1) is 12.2. The number of thioether (sulfide) groups is 1. The van der Waals surface area contributed by atoms with Gasteiger partial charge in [-0.3, -0.25) is 0 Å². The Morgan fingerprint density at radius 1 is 1.29 bits per heavy atom. The summed E-state index contributed by atoms with van der Waals surface area (Å²) in [4.78, 5) is 0. The highest BCUT2D eigenvalue weighted by atomic mass is 32.2. The first-order valence-corrected chi connectivity index (χ1v) is 9.96.